The van der Waals surface area contributed by atoms with Gasteiger partial charge in [0.15, 0.2) is 0 Å². The molecule has 4 rings (SSSR count). The first-order valence-electron chi connectivity index (χ1n) is 9.48. The first-order chi connectivity index (χ1) is 13.1. The maximum absolute atomic E-state index is 11.0. The lowest BCUT2D eigenvalue weighted by atomic mass is 10.1. The van der Waals surface area contributed by atoms with Crippen LogP contribution in [0.4, 0.5) is 11.4 Å². The van der Waals surface area contributed by atoms with Gasteiger partial charge in [-0.05, 0) is 67.9 Å². The van der Waals surface area contributed by atoms with Crippen LogP contribution in [0.5, 0.6) is 0 Å². The Hall–Kier alpha value is -2.86. The van der Waals surface area contributed by atoms with Crippen LogP contribution in [0.25, 0.3) is 22.2 Å². The van der Waals surface area contributed by atoms with Gasteiger partial charge in [0.2, 0.25) is 0 Å². The van der Waals surface area contributed by atoms with E-state index in [2.05, 4.69) is 21.6 Å². The second-order valence-corrected chi connectivity index (χ2v) is 7.21. The molecule has 0 unspecified atom stereocenters. The number of aromatic nitrogens is 1. The molecule has 1 fully saturated rings. The Kier molecular flexibility index (Phi) is 4.81. The molecule has 1 aliphatic heterocycles. The van der Waals surface area contributed by atoms with Crippen LogP contribution in [0.2, 0.25) is 0 Å². The van der Waals surface area contributed by atoms with Gasteiger partial charge in [-0.1, -0.05) is 6.42 Å². The van der Waals surface area contributed by atoms with Crippen molar-refractivity contribution in [3.05, 3.63) is 58.6 Å². The SMILES string of the molecule is Nc1ccc2c(c1)cc(-c1ccc([N+](=O)[O-])cc1)n2CCN1CCCCC1. The van der Waals surface area contributed by atoms with Crippen LogP contribution in [0.1, 0.15) is 19.3 Å². The molecular formula is C21H24N4O2. The van der Waals surface area contributed by atoms with Crippen molar-refractivity contribution < 1.29 is 4.92 Å². The Bertz CT molecular complexity index is 956. The Morgan fingerprint density at radius 1 is 0.963 bits per heavy atom. The van der Waals surface area contributed by atoms with Crippen LogP contribution in [0, 0.1) is 10.1 Å². The average molecular weight is 364 g/mol. The molecule has 0 bridgehead atoms. The zero-order valence-electron chi connectivity index (χ0n) is 15.3. The summed E-state index contributed by atoms with van der Waals surface area (Å²) in [4.78, 5) is 13.1. The highest BCUT2D eigenvalue weighted by atomic mass is 16.6. The molecule has 6 heteroatoms. The van der Waals surface area contributed by atoms with Crippen LogP contribution >= 0.6 is 0 Å². The van der Waals surface area contributed by atoms with Gasteiger partial charge in [-0.25, -0.2) is 0 Å². The van der Waals surface area contributed by atoms with Gasteiger partial charge in [-0.3, -0.25) is 10.1 Å². The molecule has 0 amide bonds. The number of hydrogen-bond acceptors (Lipinski definition) is 4. The molecule has 0 radical (unpaired) electrons. The number of nitrogens with zero attached hydrogens (tertiary/aromatic N) is 3. The Morgan fingerprint density at radius 3 is 2.41 bits per heavy atom. The van der Waals surface area contributed by atoms with Gasteiger partial charge in [-0.2, -0.15) is 0 Å². The van der Waals surface area contributed by atoms with Crippen molar-refractivity contribution in [2.45, 2.75) is 25.8 Å². The van der Waals surface area contributed by atoms with E-state index >= 15 is 0 Å². The molecule has 0 saturated carbocycles. The maximum atomic E-state index is 11.0. The molecule has 6 nitrogen and oxygen atoms in total. The van der Waals surface area contributed by atoms with Crippen molar-refractivity contribution in [3.63, 3.8) is 0 Å². The van der Waals surface area contributed by atoms with E-state index < -0.39 is 0 Å². The number of anilines is 1. The topological polar surface area (TPSA) is 77.3 Å². The molecule has 140 valence electrons. The lowest BCUT2D eigenvalue weighted by molar-refractivity contribution is -0.384. The van der Waals surface area contributed by atoms with Crippen molar-refractivity contribution in [2.24, 2.45) is 0 Å². The minimum atomic E-state index is -0.365. The molecule has 2 aromatic carbocycles. The third-order valence-electron chi connectivity index (χ3n) is 5.39. The van der Waals surface area contributed by atoms with E-state index in [0.717, 1.165) is 40.9 Å². The Balaban J connectivity index is 1.70. The smallest absolute Gasteiger partial charge is 0.269 e. The third kappa shape index (κ3) is 3.66. The second kappa shape index (κ2) is 7.40. The quantitative estimate of drug-likeness (QED) is 0.416. The molecule has 0 spiro atoms. The highest BCUT2D eigenvalue weighted by molar-refractivity contribution is 5.89. The number of nitrogens with two attached hydrogens (primary N) is 1. The highest BCUT2D eigenvalue weighted by Gasteiger charge is 2.15. The lowest BCUT2D eigenvalue weighted by Gasteiger charge is -2.27. The van der Waals surface area contributed by atoms with Crippen molar-refractivity contribution >= 4 is 22.3 Å². The Morgan fingerprint density at radius 2 is 1.70 bits per heavy atom. The number of hydrogen-bond donors (Lipinski definition) is 1. The van der Waals surface area contributed by atoms with Crippen LogP contribution < -0.4 is 5.73 Å². The molecule has 0 atom stereocenters. The molecular weight excluding hydrogens is 340 g/mol. The van der Waals surface area contributed by atoms with Crippen molar-refractivity contribution in [3.8, 4) is 11.3 Å². The van der Waals surface area contributed by atoms with Crippen LogP contribution in [0.3, 0.4) is 0 Å². The molecule has 2 N–H and O–H groups in total. The van der Waals surface area contributed by atoms with E-state index in [9.17, 15) is 10.1 Å². The average Bonchev–Trinajstić information content (AvgIpc) is 3.04. The zero-order valence-corrected chi connectivity index (χ0v) is 15.3. The number of fused-ring (bicyclic) bond motifs is 1. The number of non-ortho nitro benzene ring substituents is 1. The van der Waals surface area contributed by atoms with Crippen molar-refractivity contribution in [2.75, 3.05) is 25.4 Å². The van der Waals surface area contributed by atoms with Gasteiger partial charge < -0.3 is 15.2 Å². The monoisotopic (exact) mass is 364 g/mol. The normalized spacial score (nSPS) is 15.3. The Labute approximate surface area is 158 Å². The summed E-state index contributed by atoms with van der Waals surface area (Å²) in [7, 11) is 0. The summed E-state index contributed by atoms with van der Waals surface area (Å²) >= 11 is 0. The molecule has 2 heterocycles. The third-order valence-corrected chi connectivity index (χ3v) is 5.39. The highest BCUT2D eigenvalue weighted by Crippen LogP contribution is 2.30. The number of nitrogen functional groups attached to an aromatic ring is 1. The predicted molar refractivity (Wildman–Crippen MR) is 109 cm³/mol. The first-order valence-corrected chi connectivity index (χ1v) is 9.48. The van der Waals surface area contributed by atoms with Crippen LogP contribution in [-0.4, -0.2) is 34.0 Å². The molecule has 1 aliphatic rings. The van der Waals surface area contributed by atoms with E-state index in [4.69, 9.17) is 5.73 Å². The van der Waals surface area contributed by atoms with Crippen LogP contribution in [-0.2, 0) is 6.54 Å². The number of benzene rings is 2. The summed E-state index contributed by atoms with van der Waals surface area (Å²) in [6.45, 7) is 4.23. The standard InChI is InChI=1S/C21H24N4O2/c22-18-6-9-20-17(14-18)15-21(16-4-7-19(8-5-16)25(26)27)24(20)13-12-23-10-2-1-3-11-23/h4-9,14-15H,1-3,10-13,22H2. The van der Waals surface area contributed by atoms with Gasteiger partial charge >= 0.3 is 0 Å². The number of nitro groups is 1. The fourth-order valence-corrected chi connectivity index (χ4v) is 3.95. The first kappa shape index (κ1) is 17.5. The van der Waals surface area contributed by atoms with E-state index in [1.165, 1.54) is 32.4 Å². The van der Waals surface area contributed by atoms with E-state index in [1.807, 2.05) is 24.3 Å². The molecule has 1 aromatic heterocycles. The van der Waals surface area contributed by atoms with Gasteiger partial charge in [0, 0.05) is 47.5 Å². The van der Waals surface area contributed by atoms with Crippen molar-refractivity contribution in [1.82, 2.24) is 9.47 Å². The van der Waals surface area contributed by atoms with Gasteiger partial charge in [-0.15, -0.1) is 0 Å². The fraction of sp³-hybridized carbons (Fsp3) is 0.333. The number of piperidine rings is 1. The molecule has 0 aliphatic carbocycles. The predicted octanol–water partition coefficient (Wildman–Crippen LogP) is 4.28. The van der Waals surface area contributed by atoms with Gasteiger partial charge in [0.25, 0.3) is 5.69 Å². The van der Waals surface area contributed by atoms with Gasteiger partial charge in [0.1, 0.15) is 0 Å². The number of nitro benzene ring substituents is 1. The summed E-state index contributed by atoms with van der Waals surface area (Å²) in [5.74, 6) is 0. The summed E-state index contributed by atoms with van der Waals surface area (Å²) in [6.07, 6.45) is 3.88. The lowest BCUT2D eigenvalue weighted by Crippen LogP contribution is -2.32. The summed E-state index contributed by atoms with van der Waals surface area (Å²) in [6, 6.07) is 14.9. The minimum absolute atomic E-state index is 0.110. The van der Waals surface area contributed by atoms with E-state index in [1.54, 1.807) is 12.1 Å². The zero-order chi connectivity index (χ0) is 18.8. The second-order valence-electron chi connectivity index (χ2n) is 7.21. The van der Waals surface area contributed by atoms with E-state index in [-0.39, 0.29) is 10.6 Å². The largest absolute Gasteiger partial charge is 0.399 e. The summed E-state index contributed by atoms with van der Waals surface area (Å²) < 4.78 is 2.31. The van der Waals surface area contributed by atoms with Crippen molar-refractivity contribution in [1.29, 1.82) is 0 Å². The fourth-order valence-electron chi connectivity index (χ4n) is 3.95. The molecule has 3 aromatic rings. The van der Waals surface area contributed by atoms with Gasteiger partial charge in [0.05, 0.1) is 4.92 Å². The molecule has 1 saturated heterocycles. The summed E-state index contributed by atoms with van der Waals surface area (Å²) in [5.41, 5.74) is 10.0. The number of likely N-dealkylation sites (tertiary alicyclic amines) is 1. The summed E-state index contributed by atoms with van der Waals surface area (Å²) in [5, 5.41) is 12.1. The maximum Gasteiger partial charge on any atom is 0.269 e. The minimum Gasteiger partial charge on any atom is -0.399 e. The number of rotatable bonds is 5. The molecule has 27 heavy (non-hydrogen) atoms. The van der Waals surface area contributed by atoms with E-state index in [0.29, 0.717) is 0 Å². The van der Waals surface area contributed by atoms with Crippen LogP contribution in [0.15, 0.2) is 48.5 Å².